The molecule has 0 aliphatic carbocycles. The first-order valence-corrected chi connectivity index (χ1v) is 41.6. The minimum Gasteiger partial charge on any atom is -0.477 e. The van der Waals surface area contributed by atoms with Crippen molar-refractivity contribution in [2.75, 3.05) is 26.4 Å². The van der Waals surface area contributed by atoms with Crippen LogP contribution in [0.4, 0.5) is 0 Å². The molecule has 3 fully saturated rings. The lowest BCUT2D eigenvalue weighted by atomic mass is 9.88. The number of carboxylic acids is 1. The standard InChI is InChI=1S/C80H150N2O21/c1-4-6-8-10-12-14-16-18-20-22-23-24-25-26-27-28-29-30-31-32-33-34-35-36-37-38-40-42-44-46-48-50-52-54-67(90)82-61(62(87)53-51-49-47-45-43-41-39-21-19-17-15-13-11-9-7-5-2)59-98-77-72(94)71(93)74(66(58-85)100-77)101-78-73(95)76(70(92)65(57-84)99-78)103-80(79(96)97)55-63(88)68(81-60(3)86)75(102-80)69(91)64(89)56-83/h51,53,61-66,68-78,83-85,87-89,91-95H,4-50,52,54-59H2,1-3H3,(H,81,86)(H,82,90)(H,96,97)/b53-51+. The quantitative estimate of drug-likeness (QED) is 0.0199. The Kier molecular flexibility index (Phi) is 54.6. The smallest absolute Gasteiger partial charge is 0.364 e. The third-order valence-corrected chi connectivity index (χ3v) is 21.2. The molecular formula is C80H150N2O21. The summed E-state index contributed by atoms with van der Waals surface area (Å²) in [6.45, 7) is 2.19. The predicted molar refractivity (Wildman–Crippen MR) is 398 cm³/mol. The molecule has 3 aliphatic rings. The van der Waals surface area contributed by atoms with Crippen molar-refractivity contribution < 1.29 is 104 Å². The number of hydrogen-bond donors (Lipinski definition) is 14. The number of ether oxygens (including phenoxy) is 6. The first kappa shape index (κ1) is 94.7. The van der Waals surface area contributed by atoms with Crippen molar-refractivity contribution in [3.05, 3.63) is 12.2 Å². The minimum absolute atomic E-state index is 0.206. The van der Waals surface area contributed by atoms with Gasteiger partial charge in [-0.15, -0.1) is 0 Å². The van der Waals surface area contributed by atoms with E-state index in [0.717, 1.165) is 51.9 Å². The molecule has 3 saturated heterocycles. The molecule has 606 valence electrons. The molecule has 103 heavy (non-hydrogen) atoms. The number of carbonyl (C=O) groups excluding carboxylic acids is 2. The van der Waals surface area contributed by atoms with Crippen molar-refractivity contribution in [3.63, 3.8) is 0 Å². The summed E-state index contributed by atoms with van der Waals surface area (Å²) in [5.41, 5.74) is 0. The van der Waals surface area contributed by atoms with E-state index in [1.165, 1.54) is 250 Å². The summed E-state index contributed by atoms with van der Waals surface area (Å²) in [6.07, 6.45) is 35.6. The molecule has 14 N–H and O–H groups in total. The molecule has 0 aromatic carbocycles. The third-order valence-electron chi connectivity index (χ3n) is 21.2. The molecule has 0 radical (unpaired) electrons. The van der Waals surface area contributed by atoms with E-state index in [1.807, 2.05) is 6.08 Å². The van der Waals surface area contributed by atoms with Crippen LogP contribution in [0.2, 0.25) is 0 Å². The number of aliphatic hydroxyl groups is 11. The Labute approximate surface area is 620 Å². The van der Waals surface area contributed by atoms with Crippen molar-refractivity contribution in [2.45, 2.75) is 452 Å². The van der Waals surface area contributed by atoms with Gasteiger partial charge in [0, 0.05) is 19.8 Å². The van der Waals surface area contributed by atoms with Crippen LogP contribution in [0.25, 0.3) is 0 Å². The second-order valence-corrected chi connectivity index (χ2v) is 30.4. The zero-order chi connectivity index (χ0) is 75.3. The van der Waals surface area contributed by atoms with E-state index in [2.05, 4.69) is 24.5 Å². The molecule has 0 aromatic heterocycles. The van der Waals surface area contributed by atoms with Crippen LogP contribution < -0.4 is 10.6 Å². The molecule has 18 unspecified atom stereocenters. The fraction of sp³-hybridized carbons (Fsp3) is 0.938. The van der Waals surface area contributed by atoms with Gasteiger partial charge in [-0.3, -0.25) is 9.59 Å². The molecule has 23 nitrogen and oxygen atoms in total. The largest absolute Gasteiger partial charge is 0.477 e. The maximum atomic E-state index is 13.5. The summed E-state index contributed by atoms with van der Waals surface area (Å²) < 4.78 is 34.9. The van der Waals surface area contributed by atoms with Crippen molar-refractivity contribution in [2.24, 2.45) is 0 Å². The Morgan fingerprint density at radius 3 is 1.29 bits per heavy atom. The Bertz CT molecular complexity index is 2100. The van der Waals surface area contributed by atoms with Gasteiger partial charge in [0.1, 0.15) is 67.1 Å². The minimum atomic E-state index is -3.08. The first-order chi connectivity index (χ1) is 49.9. The van der Waals surface area contributed by atoms with E-state index in [0.29, 0.717) is 12.8 Å². The number of carbonyl (C=O) groups is 3. The molecule has 3 heterocycles. The van der Waals surface area contributed by atoms with Gasteiger partial charge in [0.2, 0.25) is 11.8 Å². The van der Waals surface area contributed by atoms with Gasteiger partial charge in [0.15, 0.2) is 12.6 Å². The Morgan fingerprint density at radius 2 is 0.903 bits per heavy atom. The van der Waals surface area contributed by atoms with Gasteiger partial charge in [0.25, 0.3) is 5.79 Å². The lowest BCUT2D eigenvalue weighted by Crippen LogP contribution is -2.70. The van der Waals surface area contributed by atoms with Gasteiger partial charge in [-0.2, -0.15) is 0 Å². The van der Waals surface area contributed by atoms with Crippen LogP contribution in [-0.4, -0.2) is 215 Å². The van der Waals surface area contributed by atoms with E-state index in [-0.39, 0.29) is 12.3 Å². The highest BCUT2D eigenvalue weighted by molar-refractivity contribution is 5.77. The molecule has 18 atom stereocenters. The van der Waals surface area contributed by atoms with Gasteiger partial charge in [-0.25, -0.2) is 4.79 Å². The number of nitrogens with one attached hydrogen (secondary N) is 2. The highest BCUT2D eigenvalue weighted by atomic mass is 16.8. The summed E-state index contributed by atoms with van der Waals surface area (Å²) in [5, 5.41) is 136. The lowest BCUT2D eigenvalue weighted by molar-refractivity contribution is -0.386. The summed E-state index contributed by atoms with van der Waals surface area (Å²) >= 11 is 0. The van der Waals surface area contributed by atoms with Gasteiger partial charge in [0.05, 0.1) is 50.7 Å². The zero-order valence-electron chi connectivity index (χ0n) is 64.2. The highest BCUT2D eigenvalue weighted by Crippen LogP contribution is 2.39. The molecule has 3 rings (SSSR count). The van der Waals surface area contributed by atoms with Crippen molar-refractivity contribution in [1.29, 1.82) is 0 Å². The molecule has 0 spiro atoms. The molecule has 0 saturated carbocycles. The van der Waals surface area contributed by atoms with E-state index < -0.39 is 155 Å². The molecule has 23 heteroatoms. The van der Waals surface area contributed by atoms with E-state index in [9.17, 15) is 75.7 Å². The van der Waals surface area contributed by atoms with Crippen molar-refractivity contribution in [1.82, 2.24) is 10.6 Å². The van der Waals surface area contributed by atoms with Crippen molar-refractivity contribution >= 4 is 17.8 Å². The number of unbranched alkanes of at least 4 members (excludes halogenated alkanes) is 46. The normalized spacial score (nSPS) is 26.5. The third kappa shape index (κ3) is 39.6. The van der Waals surface area contributed by atoms with Gasteiger partial charge in [-0.05, 0) is 19.3 Å². The number of carboxylic acid groups (broad SMARTS) is 1. The molecule has 3 aliphatic heterocycles. The van der Waals surface area contributed by atoms with Gasteiger partial charge >= 0.3 is 5.97 Å². The second kappa shape index (κ2) is 59.4. The number of rotatable bonds is 66. The Balaban J connectivity index is 1.45. The van der Waals surface area contributed by atoms with Crippen LogP contribution >= 0.6 is 0 Å². The number of aliphatic hydroxyl groups excluding tert-OH is 11. The average Bonchev–Trinajstić information content (AvgIpc) is 0.755. The monoisotopic (exact) mass is 1480 g/mol. The topological polar surface area (TPSA) is 373 Å². The van der Waals surface area contributed by atoms with E-state index >= 15 is 0 Å². The molecule has 2 amide bonds. The number of allylic oxidation sites excluding steroid dienone is 1. The Morgan fingerprint density at radius 1 is 0.505 bits per heavy atom. The molecule has 0 bridgehead atoms. The van der Waals surface area contributed by atoms with Crippen LogP contribution in [0.3, 0.4) is 0 Å². The maximum Gasteiger partial charge on any atom is 0.364 e. The SMILES string of the molecule is CCCCCCCCCCCCCCCC/C=C/C(O)C(COC1OC(CO)C(OC2OC(CO)C(O)C(OC3(C(=O)O)CC(O)C(NC(C)=O)C(C(O)C(O)CO)O3)C2O)C(O)C1O)NC(=O)CCCCCCCCCCCCCCCCCCCCCCCCCCCCCCCCCCC. The summed E-state index contributed by atoms with van der Waals surface area (Å²) in [4.78, 5) is 38.7. The van der Waals surface area contributed by atoms with E-state index in [4.69, 9.17) is 28.4 Å². The second-order valence-electron chi connectivity index (χ2n) is 30.4. The first-order valence-electron chi connectivity index (χ1n) is 41.6. The highest BCUT2D eigenvalue weighted by Gasteiger charge is 2.60. The predicted octanol–water partition coefficient (Wildman–Crippen LogP) is 11.4. The maximum absolute atomic E-state index is 13.5. The van der Waals surface area contributed by atoms with Gasteiger partial charge in [-0.1, -0.05) is 315 Å². The number of amides is 2. The lowest BCUT2D eigenvalue weighted by Gasteiger charge is -2.50. The number of hydrogen-bond acceptors (Lipinski definition) is 20. The fourth-order valence-electron chi connectivity index (χ4n) is 14.7. The average molecular weight is 1480 g/mol. The summed E-state index contributed by atoms with van der Waals surface area (Å²) in [7, 11) is 0. The van der Waals surface area contributed by atoms with Crippen LogP contribution in [0.1, 0.15) is 342 Å². The van der Waals surface area contributed by atoms with Gasteiger partial charge < -0.3 is 100 Å². The number of aliphatic carboxylic acids is 1. The Hall–Kier alpha value is -2.53. The van der Waals surface area contributed by atoms with Crippen LogP contribution in [0, 0.1) is 0 Å². The van der Waals surface area contributed by atoms with E-state index in [1.54, 1.807) is 6.08 Å². The summed E-state index contributed by atoms with van der Waals surface area (Å²) in [6, 6.07) is -2.62. The van der Waals surface area contributed by atoms with Crippen LogP contribution in [0.15, 0.2) is 12.2 Å². The summed E-state index contributed by atoms with van der Waals surface area (Å²) in [5.74, 6) is -6.13. The van der Waals surface area contributed by atoms with Crippen LogP contribution in [0.5, 0.6) is 0 Å². The molecule has 0 aromatic rings. The van der Waals surface area contributed by atoms with Crippen molar-refractivity contribution in [3.8, 4) is 0 Å². The molecular weight excluding hydrogens is 1320 g/mol. The van der Waals surface area contributed by atoms with Crippen LogP contribution in [-0.2, 0) is 42.8 Å². The fourth-order valence-corrected chi connectivity index (χ4v) is 14.7. The zero-order valence-corrected chi connectivity index (χ0v) is 64.2.